The van der Waals surface area contributed by atoms with Crippen LogP contribution in [0, 0.1) is 23.2 Å². The molecule has 1 saturated carbocycles. The molecule has 3 atom stereocenters. The van der Waals surface area contributed by atoms with Gasteiger partial charge in [-0.3, -0.25) is 9.59 Å². The maximum atomic E-state index is 12.0. The predicted octanol–water partition coefficient (Wildman–Crippen LogP) is 2.28. The van der Waals surface area contributed by atoms with Crippen molar-refractivity contribution in [2.24, 2.45) is 23.2 Å². The highest BCUT2D eigenvalue weighted by Gasteiger charge is 2.65. The third-order valence-electron chi connectivity index (χ3n) is 3.94. The van der Waals surface area contributed by atoms with E-state index >= 15 is 0 Å². The highest BCUT2D eigenvalue weighted by atomic mass is 16.4. The van der Waals surface area contributed by atoms with Gasteiger partial charge in [0.25, 0.3) is 0 Å². The maximum absolute atomic E-state index is 12.0. The first kappa shape index (κ1) is 15.0. The van der Waals surface area contributed by atoms with Crippen LogP contribution in [0.3, 0.4) is 0 Å². The molecule has 2 N–H and O–H groups in total. The summed E-state index contributed by atoms with van der Waals surface area (Å²) in [6.45, 7) is 9.97. The number of hydrogen-bond donors (Lipinski definition) is 2. The summed E-state index contributed by atoms with van der Waals surface area (Å²) in [6.07, 6.45) is 2.01. The molecule has 18 heavy (non-hydrogen) atoms. The van der Waals surface area contributed by atoms with Gasteiger partial charge in [-0.15, -0.1) is 0 Å². The molecule has 1 amide bonds. The average Bonchev–Trinajstić information content (AvgIpc) is 2.78. The quantitative estimate of drug-likeness (QED) is 0.765. The van der Waals surface area contributed by atoms with Gasteiger partial charge in [-0.1, -0.05) is 27.7 Å². The zero-order chi connectivity index (χ0) is 14.1. The Morgan fingerprint density at radius 2 is 1.72 bits per heavy atom. The van der Waals surface area contributed by atoms with E-state index in [1.165, 1.54) is 0 Å². The molecule has 1 unspecified atom stereocenters. The SMILES string of the molecule is CC(C)CCC(C)NC(=O)[C@H]1[C@@H](C(=O)O)C1(C)C. The molecule has 1 aliphatic carbocycles. The van der Waals surface area contributed by atoms with Crippen LogP contribution < -0.4 is 5.32 Å². The van der Waals surface area contributed by atoms with Crippen LogP contribution in [0.5, 0.6) is 0 Å². The molecule has 0 bridgehead atoms. The van der Waals surface area contributed by atoms with Crippen LogP contribution in [-0.4, -0.2) is 23.0 Å². The number of carbonyl (C=O) groups is 2. The minimum Gasteiger partial charge on any atom is -0.481 e. The highest BCUT2D eigenvalue weighted by molar-refractivity contribution is 5.91. The van der Waals surface area contributed by atoms with Gasteiger partial charge in [0, 0.05) is 6.04 Å². The molecule has 0 spiro atoms. The zero-order valence-corrected chi connectivity index (χ0v) is 12.0. The summed E-state index contributed by atoms with van der Waals surface area (Å²) < 4.78 is 0. The van der Waals surface area contributed by atoms with Gasteiger partial charge >= 0.3 is 5.97 Å². The summed E-state index contributed by atoms with van der Waals surface area (Å²) in [4.78, 5) is 23.0. The number of carbonyl (C=O) groups excluding carboxylic acids is 1. The van der Waals surface area contributed by atoms with Gasteiger partial charge in [-0.05, 0) is 31.1 Å². The van der Waals surface area contributed by atoms with E-state index in [9.17, 15) is 9.59 Å². The second-order valence-electron chi connectivity index (χ2n) is 6.50. The molecule has 104 valence electrons. The van der Waals surface area contributed by atoms with E-state index in [1.807, 2.05) is 20.8 Å². The summed E-state index contributed by atoms with van der Waals surface area (Å²) in [5, 5.41) is 12.0. The molecule has 0 aliphatic heterocycles. The molecule has 4 heteroatoms. The minimum absolute atomic E-state index is 0.108. The van der Waals surface area contributed by atoms with Crippen molar-refractivity contribution in [1.82, 2.24) is 5.32 Å². The Kier molecular flexibility index (Phi) is 4.41. The van der Waals surface area contributed by atoms with E-state index in [-0.39, 0.29) is 17.9 Å². The Bertz CT molecular complexity index is 336. The molecule has 1 aliphatic rings. The lowest BCUT2D eigenvalue weighted by atomic mass is 10.0. The summed E-state index contributed by atoms with van der Waals surface area (Å²) in [7, 11) is 0. The van der Waals surface area contributed by atoms with Crippen molar-refractivity contribution in [3.05, 3.63) is 0 Å². The molecule has 1 rings (SSSR count). The first-order valence-corrected chi connectivity index (χ1v) is 6.71. The van der Waals surface area contributed by atoms with Crippen molar-refractivity contribution < 1.29 is 14.7 Å². The number of amides is 1. The van der Waals surface area contributed by atoms with Gasteiger partial charge in [0.2, 0.25) is 5.91 Å². The second kappa shape index (κ2) is 5.29. The number of carboxylic acids is 1. The topological polar surface area (TPSA) is 66.4 Å². The Labute approximate surface area is 109 Å². The van der Waals surface area contributed by atoms with E-state index in [1.54, 1.807) is 0 Å². The number of nitrogens with one attached hydrogen (secondary N) is 1. The summed E-state index contributed by atoms with van der Waals surface area (Å²) >= 11 is 0. The zero-order valence-electron chi connectivity index (χ0n) is 12.0. The van der Waals surface area contributed by atoms with Crippen LogP contribution in [0.1, 0.15) is 47.5 Å². The van der Waals surface area contributed by atoms with E-state index < -0.39 is 17.3 Å². The summed E-state index contributed by atoms with van der Waals surface area (Å²) in [5.74, 6) is -1.27. The molecule has 4 nitrogen and oxygen atoms in total. The van der Waals surface area contributed by atoms with E-state index in [2.05, 4.69) is 19.2 Å². The summed E-state index contributed by atoms with van der Waals surface area (Å²) in [5.41, 5.74) is -0.409. The third kappa shape index (κ3) is 3.24. The first-order chi connectivity index (χ1) is 8.17. The van der Waals surface area contributed by atoms with Crippen molar-refractivity contribution in [3.63, 3.8) is 0 Å². The fraction of sp³-hybridized carbons (Fsp3) is 0.857. The largest absolute Gasteiger partial charge is 0.481 e. The number of rotatable bonds is 6. The van der Waals surface area contributed by atoms with Gasteiger partial charge in [0.15, 0.2) is 0 Å². The standard InChI is InChI=1S/C14H25NO3/c1-8(2)6-7-9(3)15-12(16)10-11(13(17)18)14(10,4)5/h8-11H,6-7H2,1-5H3,(H,15,16)(H,17,18)/t9?,10-,11+/m1/s1. The molecule has 0 radical (unpaired) electrons. The van der Waals surface area contributed by atoms with Gasteiger partial charge in [0.1, 0.15) is 0 Å². The molecule has 0 aromatic rings. The Morgan fingerprint density at radius 3 is 2.11 bits per heavy atom. The molecular weight excluding hydrogens is 230 g/mol. The minimum atomic E-state index is -0.866. The van der Waals surface area contributed by atoms with Crippen LogP contribution in [0.15, 0.2) is 0 Å². The molecular formula is C14H25NO3. The number of carboxylic acid groups (broad SMARTS) is 1. The first-order valence-electron chi connectivity index (χ1n) is 6.71. The normalized spacial score (nSPS) is 26.8. The average molecular weight is 255 g/mol. The van der Waals surface area contributed by atoms with E-state index in [0.29, 0.717) is 5.92 Å². The molecule has 0 saturated heterocycles. The van der Waals surface area contributed by atoms with Gasteiger partial charge in [-0.2, -0.15) is 0 Å². The monoisotopic (exact) mass is 255 g/mol. The van der Waals surface area contributed by atoms with Gasteiger partial charge in [0.05, 0.1) is 11.8 Å². The van der Waals surface area contributed by atoms with Crippen molar-refractivity contribution in [2.75, 3.05) is 0 Å². The number of hydrogen-bond acceptors (Lipinski definition) is 2. The highest BCUT2D eigenvalue weighted by Crippen LogP contribution is 2.58. The van der Waals surface area contributed by atoms with Crippen molar-refractivity contribution in [1.29, 1.82) is 0 Å². The summed E-state index contributed by atoms with van der Waals surface area (Å²) in [6, 6.07) is 0.116. The Morgan fingerprint density at radius 1 is 1.17 bits per heavy atom. The van der Waals surface area contributed by atoms with E-state index in [4.69, 9.17) is 5.11 Å². The van der Waals surface area contributed by atoms with Crippen LogP contribution >= 0.6 is 0 Å². The van der Waals surface area contributed by atoms with Crippen LogP contribution in [0.4, 0.5) is 0 Å². The van der Waals surface area contributed by atoms with Crippen LogP contribution in [0.25, 0.3) is 0 Å². The second-order valence-corrected chi connectivity index (χ2v) is 6.50. The number of aliphatic carboxylic acids is 1. The molecule has 0 heterocycles. The van der Waals surface area contributed by atoms with E-state index in [0.717, 1.165) is 12.8 Å². The van der Waals surface area contributed by atoms with Crippen LogP contribution in [-0.2, 0) is 9.59 Å². The van der Waals surface area contributed by atoms with Gasteiger partial charge < -0.3 is 10.4 Å². The van der Waals surface area contributed by atoms with Crippen molar-refractivity contribution >= 4 is 11.9 Å². The molecule has 1 fully saturated rings. The van der Waals surface area contributed by atoms with Gasteiger partial charge in [-0.25, -0.2) is 0 Å². The smallest absolute Gasteiger partial charge is 0.307 e. The third-order valence-corrected chi connectivity index (χ3v) is 3.94. The fourth-order valence-electron chi connectivity index (χ4n) is 2.58. The Balaban J connectivity index is 2.45. The fourth-order valence-corrected chi connectivity index (χ4v) is 2.58. The van der Waals surface area contributed by atoms with Crippen molar-refractivity contribution in [3.8, 4) is 0 Å². The predicted molar refractivity (Wildman–Crippen MR) is 70.1 cm³/mol. The Hall–Kier alpha value is -1.06. The lowest BCUT2D eigenvalue weighted by Crippen LogP contribution is -2.35. The van der Waals surface area contributed by atoms with Crippen LogP contribution in [0.2, 0.25) is 0 Å². The van der Waals surface area contributed by atoms with Crippen molar-refractivity contribution in [2.45, 2.75) is 53.5 Å². The molecule has 0 aromatic carbocycles. The lowest BCUT2D eigenvalue weighted by molar-refractivity contribution is -0.140. The maximum Gasteiger partial charge on any atom is 0.307 e. The molecule has 0 aromatic heterocycles. The lowest BCUT2D eigenvalue weighted by Gasteiger charge is -2.15.